The maximum absolute atomic E-state index is 5.59. The van der Waals surface area contributed by atoms with Crippen molar-refractivity contribution in [1.82, 2.24) is 4.90 Å². The summed E-state index contributed by atoms with van der Waals surface area (Å²) in [5.74, 6) is 0. The summed E-state index contributed by atoms with van der Waals surface area (Å²) in [5, 5.41) is 0. The number of nitrogens with zero attached hydrogens (tertiary/aromatic N) is 1. The molecular weight excluding hydrogens is 202 g/mol. The maximum Gasteiger partial charge on any atom is 0.170 e. The number of likely N-dealkylation sites (tertiary alicyclic amines) is 1. The van der Waals surface area contributed by atoms with Gasteiger partial charge in [-0.05, 0) is 39.8 Å². The van der Waals surface area contributed by atoms with E-state index in [1.54, 1.807) is 0 Å². The van der Waals surface area contributed by atoms with E-state index in [9.17, 15) is 0 Å². The molecule has 0 amide bonds. The van der Waals surface area contributed by atoms with Gasteiger partial charge in [0.2, 0.25) is 0 Å². The third-order valence-electron chi connectivity index (χ3n) is 3.06. The van der Waals surface area contributed by atoms with Crippen LogP contribution in [0, 0.1) is 0 Å². The van der Waals surface area contributed by atoms with Crippen molar-refractivity contribution in [3.63, 3.8) is 0 Å². The van der Waals surface area contributed by atoms with E-state index in [4.69, 9.17) is 9.47 Å². The third kappa shape index (κ3) is 5.83. The van der Waals surface area contributed by atoms with Crippen molar-refractivity contribution in [2.45, 2.75) is 52.2 Å². The van der Waals surface area contributed by atoms with Crippen LogP contribution in [0.25, 0.3) is 0 Å². The Morgan fingerprint density at radius 3 is 1.88 bits per heavy atom. The molecule has 0 aromatic heterocycles. The highest BCUT2D eigenvalue weighted by Gasteiger charge is 2.15. The van der Waals surface area contributed by atoms with Crippen molar-refractivity contribution < 1.29 is 9.47 Å². The first-order valence-electron chi connectivity index (χ1n) is 6.82. The van der Waals surface area contributed by atoms with Crippen LogP contribution in [0.2, 0.25) is 0 Å². The first kappa shape index (κ1) is 13.9. The Balaban J connectivity index is 2.28. The van der Waals surface area contributed by atoms with Crippen LogP contribution in [0.5, 0.6) is 0 Å². The minimum atomic E-state index is -0.0329. The minimum Gasteiger partial charge on any atom is -0.352 e. The van der Waals surface area contributed by atoms with Gasteiger partial charge in [-0.3, -0.25) is 4.90 Å². The van der Waals surface area contributed by atoms with Gasteiger partial charge in [0.25, 0.3) is 0 Å². The smallest absolute Gasteiger partial charge is 0.170 e. The van der Waals surface area contributed by atoms with E-state index < -0.39 is 0 Å². The fourth-order valence-electron chi connectivity index (χ4n) is 2.23. The zero-order valence-electron chi connectivity index (χ0n) is 10.9. The fourth-order valence-corrected chi connectivity index (χ4v) is 2.23. The van der Waals surface area contributed by atoms with Gasteiger partial charge in [0.1, 0.15) is 0 Å². The normalized spacial score (nSPS) is 19.7. The maximum atomic E-state index is 5.59. The topological polar surface area (TPSA) is 21.7 Å². The first-order chi connectivity index (χ1) is 7.86. The molecule has 0 atom stereocenters. The highest BCUT2D eigenvalue weighted by molar-refractivity contribution is 4.64. The van der Waals surface area contributed by atoms with Gasteiger partial charge < -0.3 is 9.47 Å². The van der Waals surface area contributed by atoms with Crippen LogP contribution in [0.4, 0.5) is 0 Å². The molecule has 1 heterocycles. The van der Waals surface area contributed by atoms with E-state index in [2.05, 4.69) is 4.90 Å². The van der Waals surface area contributed by atoms with E-state index in [1.807, 2.05) is 13.8 Å². The van der Waals surface area contributed by atoms with Gasteiger partial charge in [-0.1, -0.05) is 19.3 Å². The van der Waals surface area contributed by atoms with Gasteiger partial charge in [-0.25, -0.2) is 0 Å². The molecule has 0 aromatic carbocycles. The van der Waals surface area contributed by atoms with Crippen LogP contribution in [0.1, 0.15) is 46.0 Å². The van der Waals surface area contributed by atoms with E-state index in [1.165, 1.54) is 45.2 Å². The molecule has 0 aliphatic carbocycles. The molecule has 0 bridgehead atoms. The van der Waals surface area contributed by atoms with E-state index in [-0.39, 0.29) is 6.29 Å². The predicted octanol–water partition coefficient (Wildman–Crippen LogP) is 2.65. The van der Waals surface area contributed by atoms with Crippen LogP contribution < -0.4 is 0 Å². The molecule has 0 N–H and O–H groups in total. The molecule has 1 saturated heterocycles. The van der Waals surface area contributed by atoms with Gasteiger partial charge in [0, 0.05) is 19.8 Å². The largest absolute Gasteiger partial charge is 0.352 e. The molecular formula is C13H27NO2. The van der Waals surface area contributed by atoms with Crippen LogP contribution in [-0.4, -0.2) is 44.0 Å². The minimum absolute atomic E-state index is 0.0329. The molecule has 3 nitrogen and oxygen atoms in total. The Kier molecular flexibility index (Phi) is 7.81. The zero-order valence-corrected chi connectivity index (χ0v) is 10.9. The molecule has 0 spiro atoms. The van der Waals surface area contributed by atoms with Crippen LogP contribution in [-0.2, 0) is 9.47 Å². The lowest BCUT2D eigenvalue weighted by Gasteiger charge is -2.28. The number of hydrogen-bond acceptors (Lipinski definition) is 3. The molecule has 3 heteroatoms. The van der Waals surface area contributed by atoms with Gasteiger partial charge in [0.15, 0.2) is 6.29 Å². The van der Waals surface area contributed by atoms with Crippen molar-refractivity contribution in [2.24, 2.45) is 0 Å². The SMILES string of the molecule is CCOC(CN1CCCCCCC1)OCC. The zero-order chi connectivity index (χ0) is 11.6. The lowest BCUT2D eigenvalue weighted by Crippen LogP contribution is -2.37. The summed E-state index contributed by atoms with van der Waals surface area (Å²) in [7, 11) is 0. The van der Waals surface area contributed by atoms with Gasteiger partial charge in [-0.15, -0.1) is 0 Å². The summed E-state index contributed by atoms with van der Waals surface area (Å²) in [4.78, 5) is 2.50. The predicted molar refractivity (Wildman–Crippen MR) is 66.6 cm³/mol. The molecule has 0 saturated carbocycles. The Bertz CT molecular complexity index is 150. The molecule has 0 unspecified atom stereocenters. The van der Waals surface area contributed by atoms with Gasteiger partial charge in [0.05, 0.1) is 0 Å². The van der Waals surface area contributed by atoms with Crippen molar-refractivity contribution in [3.8, 4) is 0 Å². The second kappa shape index (κ2) is 8.97. The lowest BCUT2D eigenvalue weighted by molar-refractivity contribution is -0.147. The molecule has 1 rings (SSSR count). The Labute approximate surface area is 100 Å². The van der Waals surface area contributed by atoms with Crippen LogP contribution in [0.3, 0.4) is 0 Å². The van der Waals surface area contributed by atoms with Crippen molar-refractivity contribution in [1.29, 1.82) is 0 Å². The van der Waals surface area contributed by atoms with E-state index in [0.29, 0.717) is 0 Å². The van der Waals surface area contributed by atoms with E-state index in [0.717, 1.165) is 19.8 Å². The summed E-state index contributed by atoms with van der Waals surface area (Å²) in [5.41, 5.74) is 0. The summed E-state index contributed by atoms with van der Waals surface area (Å²) >= 11 is 0. The molecule has 16 heavy (non-hydrogen) atoms. The van der Waals surface area contributed by atoms with Crippen molar-refractivity contribution in [3.05, 3.63) is 0 Å². The quantitative estimate of drug-likeness (QED) is 0.654. The number of rotatable bonds is 6. The Morgan fingerprint density at radius 2 is 1.38 bits per heavy atom. The van der Waals surface area contributed by atoms with E-state index >= 15 is 0 Å². The van der Waals surface area contributed by atoms with Crippen molar-refractivity contribution in [2.75, 3.05) is 32.8 Å². The van der Waals surface area contributed by atoms with Crippen molar-refractivity contribution >= 4 is 0 Å². The van der Waals surface area contributed by atoms with Crippen LogP contribution in [0.15, 0.2) is 0 Å². The lowest BCUT2D eigenvalue weighted by atomic mass is 10.1. The Hall–Kier alpha value is -0.120. The summed E-state index contributed by atoms with van der Waals surface area (Å²) in [6.07, 6.45) is 6.79. The highest BCUT2D eigenvalue weighted by Crippen LogP contribution is 2.11. The Morgan fingerprint density at radius 1 is 0.875 bits per heavy atom. The molecule has 1 fully saturated rings. The average molecular weight is 229 g/mol. The number of hydrogen-bond donors (Lipinski definition) is 0. The van der Waals surface area contributed by atoms with Gasteiger partial charge >= 0.3 is 0 Å². The standard InChI is InChI=1S/C13H27NO2/c1-3-15-13(16-4-2)12-14-10-8-6-5-7-9-11-14/h13H,3-12H2,1-2H3. The monoisotopic (exact) mass is 229 g/mol. The molecule has 0 radical (unpaired) electrons. The number of ether oxygens (including phenoxy) is 2. The summed E-state index contributed by atoms with van der Waals surface area (Å²) < 4.78 is 11.2. The van der Waals surface area contributed by atoms with Crippen LogP contribution >= 0.6 is 0 Å². The molecule has 96 valence electrons. The fraction of sp³-hybridized carbons (Fsp3) is 1.00. The highest BCUT2D eigenvalue weighted by atomic mass is 16.7. The molecule has 0 aromatic rings. The summed E-state index contributed by atoms with van der Waals surface area (Å²) in [6, 6.07) is 0. The second-order valence-corrected chi connectivity index (χ2v) is 4.41. The second-order valence-electron chi connectivity index (χ2n) is 4.41. The summed E-state index contributed by atoms with van der Waals surface area (Å²) in [6.45, 7) is 8.87. The first-order valence-corrected chi connectivity index (χ1v) is 6.82. The third-order valence-corrected chi connectivity index (χ3v) is 3.06. The molecule has 1 aliphatic heterocycles. The average Bonchev–Trinajstić information content (AvgIpc) is 2.22. The van der Waals surface area contributed by atoms with Gasteiger partial charge in [-0.2, -0.15) is 0 Å². The molecule has 1 aliphatic rings.